The van der Waals surface area contributed by atoms with Crippen LogP contribution in [0.1, 0.15) is 106 Å². The van der Waals surface area contributed by atoms with Crippen LogP contribution in [-0.4, -0.2) is 245 Å². The summed E-state index contributed by atoms with van der Waals surface area (Å²) < 4.78 is 45.1. The fraction of sp³-hybridized carbons (Fsp3) is 0.507. The van der Waals surface area contributed by atoms with Gasteiger partial charge >= 0.3 is 23.6 Å². The summed E-state index contributed by atoms with van der Waals surface area (Å²) in [6.45, 7) is 21.5. The van der Waals surface area contributed by atoms with Gasteiger partial charge in [0.25, 0.3) is 23.2 Å². The van der Waals surface area contributed by atoms with Crippen LogP contribution in [0.5, 0.6) is 11.5 Å². The van der Waals surface area contributed by atoms with Crippen LogP contribution in [0.2, 0.25) is 0 Å². The molecule has 0 saturated carbocycles. The monoisotopic (exact) mass is 1500 g/mol. The van der Waals surface area contributed by atoms with Gasteiger partial charge in [-0.15, -0.1) is 5.06 Å². The lowest BCUT2D eigenvalue weighted by atomic mass is 10.0. The summed E-state index contributed by atoms with van der Waals surface area (Å²) in [5.41, 5.74) is 15.8. The molecule has 0 radical (unpaired) electrons. The van der Waals surface area contributed by atoms with Crippen molar-refractivity contribution in [3.8, 4) is 11.5 Å². The van der Waals surface area contributed by atoms with Crippen LogP contribution >= 0.6 is 11.6 Å². The molecule has 0 unspecified atom stereocenters. The number of aliphatic hydroxyl groups excluding tert-OH is 1. The lowest BCUT2D eigenvalue weighted by molar-refractivity contribution is -0.385. The molecule has 1 heterocycles. The number of rotatable bonds is 41. The van der Waals surface area contributed by atoms with Crippen LogP contribution in [-0.2, 0) is 62.0 Å². The van der Waals surface area contributed by atoms with Gasteiger partial charge in [-0.05, 0) is 102 Å². The van der Waals surface area contributed by atoms with Gasteiger partial charge in [0.15, 0.2) is 5.78 Å². The molecular weight excluding hydrogens is 1400 g/mol. The number of benzene rings is 4. The Labute approximate surface area is 615 Å². The molecule has 8 N–H and O–H groups in total. The van der Waals surface area contributed by atoms with Crippen LogP contribution in [0.25, 0.3) is 0 Å². The molecule has 0 bridgehead atoms. The highest BCUT2D eigenvalue weighted by Gasteiger charge is 2.33. The second-order valence-electron chi connectivity index (χ2n) is 21.2. The van der Waals surface area contributed by atoms with Crippen molar-refractivity contribution in [3.63, 3.8) is 0 Å². The Morgan fingerprint density at radius 3 is 1.28 bits per heavy atom. The standard InChI is InChI=1S/C18H13NO5.C15H31N3O5.C15H20N2O7.C8H17NO3.C7H4ClNO4.C6H16N2O/c20-15-10-11-16(21)19(15)24-18(23)14-8-6-13(7-9-14)17(22)12-4-2-1-3-5-12;1-3-18(14(2)19)8-11-22-12-13-23-15(20)17-7-5-10-21-9-4-6-16;1-3-16(12(2)18)8-9-22-10-11-23-15(19)24-14-6-4-13(5-7-14)17(20)21;1-3-9(8(2)11)4-6-12-7-5-10;8-7(10)13-6-3-1-5(2-4-6)9(11)12;7-3-1-5-9-6-2-4-8/h1-9H,10-11H2;3-13,16H2,1-2H3,(H,17,20);4-7H,3,8-11H2,1-2H3;10H,3-7H2,1-2H3;1-4H;1-8H2. The number of alkyl carbamates (subject to hydrolysis) is 1. The smallest absolute Gasteiger partial charge is 0.447 e. The van der Waals surface area contributed by atoms with E-state index in [0.29, 0.717) is 128 Å². The largest absolute Gasteiger partial charge is 0.513 e. The number of imide groups is 1. The van der Waals surface area contributed by atoms with Crippen molar-refractivity contribution < 1.29 is 110 Å². The lowest BCUT2D eigenvalue weighted by Gasteiger charge is -2.18. The molecule has 36 heteroatoms. The molecule has 0 aliphatic carbocycles. The van der Waals surface area contributed by atoms with Crippen molar-refractivity contribution in [2.45, 2.75) is 80.1 Å². The summed E-state index contributed by atoms with van der Waals surface area (Å²) in [6, 6.07) is 24.7. The lowest BCUT2D eigenvalue weighted by Crippen LogP contribution is -2.32. The Morgan fingerprint density at radius 2 is 0.886 bits per heavy atom. The number of non-ortho nitro benzene ring substituents is 2. The van der Waals surface area contributed by atoms with Crippen molar-refractivity contribution in [1.29, 1.82) is 0 Å². The average Bonchev–Trinajstić information content (AvgIpc) is 1.82. The van der Waals surface area contributed by atoms with Gasteiger partial charge < -0.3 is 89.8 Å². The Balaban J connectivity index is 0.00000128. The minimum atomic E-state index is -0.978. The number of ketones is 1. The summed E-state index contributed by atoms with van der Waals surface area (Å²) in [4.78, 5) is 143. The number of ether oxygens (including phenoxy) is 9. The third-order valence-electron chi connectivity index (χ3n) is 13.4. The number of hydrogen-bond donors (Lipinski definition) is 5. The number of likely N-dealkylation sites (N-methyl/N-ethyl adjacent to an activating group) is 3. The van der Waals surface area contributed by atoms with Crippen molar-refractivity contribution in [2.24, 2.45) is 17.2 Å². The fourth-order valence-corrected chi connectivity index (χ4v) is 7.95. The average molecular weight is 1510 g/mol. The molecule has 0 atom stereocenters. The molecule has 0 aromatic heterocycles. The van der Waals surface area contributed by atoms with E-state index in [9.17, 15) is 68.2 Å². The van der Waals surface area contributed by atoms with E-state index in [1.54, 1.807) is 39.0 Å². The number of amides is 6. The maximum atomic E-state index is 12.3. The number of nitrogens with zero attached hydrogens (tertiary/aromatic N) is 6. The first kappa shape index (κ1) is 95.3. The highest BCUT2D eigenvalue weighted by Crippen LogP contribution is 2.20. The number of nitrogens with one attached hydrogen (secondary N) is 1. The molecule has 1 fully saturated rings. The molecule has 105 heavy (non-hydrogen) atoms. The molecule has 6 amide bonds. The number of nitro benzene ring substituents is 2. The summed E-state index contributed by atoms with van der Waals surface area (Å²) in [5, 5.41) is 32.2. The Kier molecular flexibility index (Phi) is 55.1. The van der Waals surface area contributed by atoms with Gasteiger partial charge in [0.2, 0.25) is 17.7 Å². The SMILES string of the molecule is CCN(CCOCCO)C(C)=O.CCN(CCOCCOC(=O)NCCCOCCCN)C(C)=O.CCN(CCOCCOC(=O)Oc1ccc([N+](=O)[O-])cc1)C(C)=O.NCCCOCCCN.O=C(Cl)Oc1ccc([N+](=O)[O-])cc1.O=C(ON1C(=O)CCC1=O)c1ccc(C(=O)c2ccccc2)cc1. The van der Waals surface area contributed by atoms with Crippen molar-refractivity contribution in [1.82, 2.24) is 25.1 Å². The topological polar surface area (TPSA) is 473 Å². The minimum absolute atomic E-state index is 0.00197. The quantitative estimate of drug-likeness (QED) is 0.00470. The van der Waals surface area contributed by atoms with Crippen LogP contribution in [0, 0.1) is 20.2 Å². The molecule has 584 valence electrons. The molecular formula is C69H101ClN10O25. The summed E-state index contributed by atoms with van der Waals surface area (Å²) in [6.07, 6.45) is 2.16. The molecule has 1 aliphatic rings. The highest BCUT2D eigenvalue weighted by molar-refractivity contribution is 6.61. The first-order valence-corrected chi connectivity index (χ1v) is 34.0. The Hall–Kier alpha value is -9.69. The zero-order chi connectivity index (χ0) is 78.6. The predicted octanol–water partition coefficient (Wildman–Crippen LogP) is 6.38. The number of hydrogen-bond acceptors (Lipinski definition) is 28. The van der Waals surface area contributed by atoms with Crippen molar-refractivity contribution >= 4 is 81.9 Å². The van der Waals surface area contributed by atoms with Crippen LogP contribution in [0.3, 0.4) is 0 Å². The second-order valence-corrected chi connectivity index (χ2v) is 21.5. The normalized spacial score (nSPS) is 10.9. The molecule has 0 spiro atoms. The second kappa shape index (κ2) is 60.7. The fourth-order valence-electron chi connectivity index (χ4n) is 7.86. The molecule has 1 saturated heterocycles. The predicted molar refractivity (Wildman–Crippen MR) is 383 cm³/mol. The summed E-state index contributed by atoms with van der Waals surface area (Å²) in [7, 11) is 0. The van der Waals surface area contributed by atoms with Crippen molar-refractivity contribution in [2.75, 3.05) is 151 Å². The third-order valence-corrected chi connectivity index (χ3v) is 13.5. The van der Waals surface area contributed by atoms with Crippen molar-refractivity contribution in [3.05, 3.63) is 140 Å². The van der Waals surface area contributed by atoms with Crippen LogP contribution in [0.15, 0.2) is 103 Å². The van der Waals surface area contributed by atoms with E-state index in [0.717, 1.165) is 38.9 Å². The first-order chi connectivity index (χ1) is 50.3. The summed E-state index contributed by atoms with van der Waals surface area (Å²) >= 11 is 4.92. The Morgan fingerprint density at radius 1 is 0.505 bits per heavy atom. The number of carbonyl (C=O) groups excluding carboxylic acids is 10. The number of halogens is 1. The molecule has 35 nitrogen and oxygen atoms in total. The third kappa shape index (κ3) is 47.3. The zero-order valence-corrected chi connectivity index (χ0v) is 61.1. The van der Waals surface area contributed by atoms with Gasteiger partial charge in [-0.3, -0.25) is 49.0 Å². The van der Waals surface area contributed by atoms with E-state index in [1.165, 1.54) is 93.6 Å². The maximum absolute atomic E-state index is 12.3. The van der Waals surface area contributed by atoms with Gasteiger partial charge in [0, 0.05) is 153 Å². The van der Waals surface area contributed by atoms with Gasteiger partial charge in [-0.25, -0.2) is 19.2 Å². The summed E-state index contributed by atoms with van der Waals surface area (Å²) in [5.74, 6) is -1.68. The number of carbonyl (C=O) groups is 10. The molecule has 4 aromatic rings. The number of aliphatic hydroxyl groups is 1. The van der Waals surface area contributed by atoms with E-state index < -0.39 is 45.3 Å². The first-order valence-electron chi connectivity index (χ1n) is 33.6. The van der Waals surface area contributed by atoms with E-state index >= 15 is 0 Å². The highest BCUT2D eigenvalue weighted by atomic mass is 35.5. The molecule has 1 aliphatic heterocycles. The van der Waals surface area contributed by atoms with Gasteiger partial charge in [-0.1, -0.05) is 42.5 Å². The van der Waals surface area contributed by atoms with E-state index in [2.05, 4.69) is 10.1 Å². The molecule has 5 rings (SSSR count). The number of nitro groups is 2. The van der Waals surface area contributed by atoms with E-state index in [-0.39, 0.29) is 91.2 Å². The maximum Gasteiger partial charge on any atom is 0.513 e. The minimum Gasteiger partial charge on any atom is -0.447 e. The number of nitrogens with two attached hydrogens (primary N) is 3. The van der Waals surface area contributed by atoms with Gasteiger partial charge in [-0.2, -0.15) is 0 Å². The van der Waals surface area contributed by atoms with E-state index in [1.807, 2.05) is 26.8 Å². The van der Waals surface area contributed by atoms with E-state index in [4.69, 9.17) is 76.6 Å². The molecule has 4 aromatic carbocycles. The van der Waals surface area contributed by atoms with Crippen LogP contribution in [0.4, 0.5) is 25.8 Å². The van der Waals surface area contributed by atoms with Crippen LogP contribution < -0.4 is 32.0 Å². The van der Waals surface area contributed by atoms with Gasteiger partial charge in [0.1, 0.15) is 24.7 Å². The number of hydroxylamine groups is 2. The zero-order valence-electron chi connectivity index (χ0n) is 60.4. The van der Waals surface area contributed by atoms with Gasteiger partial charge in [0.05, 0.1) is 61.7 Å². The Bertz CT molecular complexity index is 3140.